The molecule has 0 radical (unpaired) electrons. The first-order valence-corrected chi connectivity index (χ1v) is 10.4. The summed E-state index contributed by atoms with van der Waals surface area (Å²) in [6.07, 6.45) is 3.24. The molecule has 0 atom stereocenters. The standard InChI is InChI=1S/C18H21N5O3S/c1-12(2)27(24,25)15-11-16(23-7-9-26-10-8-23)21-17-13(15)3-5-19-18(17)14-4-6-20-22-14/h3-6,11-12H,7-10H2,1-2H3,(H,20,22). The normalized spacial score (nSPS) is 15.6. The zero-order valence-corrected chi connectivity index (χ0v) is 16.0. The highest BCUT2D eigenvalue weighted by Crippen LogP contribution is 2.33. The lowest BCUT2D eigenvalue weighted by Gasteiger charge is -2.28. The van der Waals surface area contributed by atoms with E-state index in [1.165, 1.54) is 0 Å². The number of hydrogen-bond acceptors (Lipinski definition) is 7. The molecule has 3 aromatic rings. The smallest absolute Gasteiger partial charge is 0.181 e. The van der Waals surface area contributed by atoms with E-state index in [-0.39, 0.29) is 4.90 Å². The SMILES string of the molecule is CC(C)S(=O)(=O)c1cc(N2CCOCC2)nc2c(-c3ccn[nH]3)nccc12. The Bertz CT molecular complexity index is 1060. The van der Waals surface area contributed by atoms with Gasteiger partial charge in [0.15, 0.2) is 9.84 Å². The average Bonchev–Trinajstić information content (AvgIpc) is 3.21. The second kappa shape index (κ2) is 6.90. The maximum Gasteiger partial charge on any atom is 0.181 e. The van der Waals surface area contributed by atoms with E-state index in [9.17, 15) is 8.42 Å². The molecule has 0 amide bonds. The topological polar surface area (TPSA) is 101 Å². The fourth-order valence-corrected chi connectivity index (χ4v) is 4.39. The van der Waals surface area contributed by atoms with Crippen LogP contribution in [-0.2, 0) is 14.6 Å². The number of sulfone groups is 1. The Kier molecular flexibility index (Phi) is 4.56. The quantitative estimate of drug-likeness (QED) is 0.731. The molecular weight excluding hydrogens is 366 g/mol. The van der Waals surface area contributed by atoms with Crippen molar-refractivity contribution in [3.8, 4) is 11.4 Å². The predicted octanol–water partition coefficient (Wildman–Crippen LogP) is 2.04. The van der Waals surface area contributed by atoms with Gasteiger partial charge in [-0.15, -0.1) is 0 Å². The Balaban J connectivity index is 2.01. The molecule has 1 saturated heterocycles. The van der Waals surface area contributed by atoms with Crippen LogP contribution in [0.25, 0.3) is 22.3 Å². The van der Waals surface area contributed by atoms with Gasteiger partial charge in [-0.1, -0.05) is 0 Å². The number of H-pyrrole nitrogens is 1. The van der Waals surface area contributed by atoms with Crippen molar-refractivity contribution >= 4 is 26.6 Å². The number of fused-ring (bicyclic) bond motifs is 1. The highest BCUT2D eigenvalue weighted by molar-refractivity contribution is 7.92. The Morgan fingerprint density at radius 2 is 1.96 bits per heavy atom. The van der Waals surface area contributed by atoms with Crippen molar-refractivity contribution in [2.24, 2.45) is 0 Å². The van der Waals surface area contributed by atoms with Crippen LogP contribution < -0.4 is 4.90 Å². The monoisotopic (exact) mass is 387 g/mol. The van der Waals surface area contributed by atoms with Crippen molar-refractivity contribution < 1.29 is 13.2 Å². The summed E-state index contributed by atoms with van der Waals surface area (Å²) in [6.45, 7) is 5.89. The van der Waals surface area contributed by atoms with Crippen LogP contribution in [0.15, 0.2) is 35.5 Å². The highest BCUT2D eigenvalue weighted by atomic mass is 32.2. The molecule has 0 aliphatic carbocycles. The Hall–Kier alpha value is -2.52. The van der Waals surface area contributed by atoms with Gasteiger partial charge in [-0.25, -0.2) is 13.4 Å². The van der Waals surface area contributed by atoms with Gasteiger partial charge < -0.3 is 9.64 Å². The first-order valence-electron chi connectivity index (χ1n) is 8.84. The number of pyridine rings is 2. The molecule has 142 valence electrons. The van der Waals surface area contributed by atoms with Crippen molar-refractivity contribution in [2.45, 2.75) is 24.0 Å². The van der Waals surface area contributed by atoms with Crippen LogP contribution in [0.1, 0.15) is 13.8 Å². The van der Waals surface area contributed by atoms with Crippen molar-refractivity contribution in [3.05, 3.63) is 30.6 Å². The second-order valence-electron chi connectivity index (χ2n) is 6.70. The summed E-state index contributed by atoms with van der Waals surface area (Å²) in [5, 5.41) is 6.90. The number of anilines is 1. The minimum absolute atomic E-state index is 0.284. The molecule has 1 fully saturated rings. The summed E-state index contributed by atoms with van der Waals surface area (Å²) in [6, 6.07) is 5.18. The van der Waals surface area contributed by atoms with Crippen LogP contribution in [0.5, 0.6) is 0 Å². The average molecular weight is 387 g/mol. The Morgan fingerprint density at radius 1 is 1.19 bits per heavy atom. The van der Waals surface area contributed by atoms with Crippen molar-refractivity contribution in [3.63, 3.8) is 0 Å². The van der Waals surface area contributed by atoms with Crippen LogP contribution in [0.2, 0.25) is 0 Å². The molecule has 4 heterocycles. The number of ether oxygens (including phenoxy) is 1. The minimum atomic E-state index is -3.50. The lowest BCUT2D eigenvalue weighted by atomic mass is 10.1. The van der Waals surface area contributed by atoms with Crippen molar-refractivity contribution in [2.75, 3.05) is 31.2 Å². The zero-order valence-electron chi connectivity index (χ0n) is 15.2. The molecule has 9 heteroatoms. The molecule has 0 saturated carbocycles. The zero-order chi connectivity index (χ0) is 19.0. The third-order valence-corrected chi connectivity index (χ3v) is 6.89. The first kappa shape index (κ1) is 17.9. The third kappa shape index (κ3) is 3.17. The van der Waals surface area contributed by atoms with E-state index in [1.54, 1.807) is 44.4 Å². The van der Waals surface area contributed by atoms with E-state index < -0.39 is 15.1 Å². The number of rotatable bonds is 4. The molecule has 0 unspecified atom stereocenters. The summed E-state index contributed by atoms with van der Waals surface area (Å²) in [4.78, 5) is 11.5. The maximum absolute atomic E-state index is 13.1. The lowest BCUT2D eigenvalue weighted by molar-refractivity contribution is 0.122. The van der Waals surface area contributed by atoms with E-state index in [0.717, 1.165) is 0 Å². The van der Waals surface area contributed by atoms with Crippen LogP contribution in [0, 0.1) is 0 Å². The third-order valence-electron chi connectivity index (χ3n) is 4.69. The Morgan fingerprint density at radius 3 is 2.63 bits per heavy atom. The molecule has 4 rings (SSSR count). The van der Waals surface area contributed by atoms with Gasteiger partial charge in [0.2, 0.25) is 0 Å². The largest absolute Gasteiger partial charge is 0.378 e. The van der Waals surface area contributed by atoms with Gasteiger partial charge in [0.05, 0.1) is 29.1 Å². The van der Waals surface area contributed by atoms with Crippen LogP contribution >= 0.6 is 0 Å². The van der Waals surface area contributed by atoms with Crippen molar-refractivity contribution in [1.82, 2.24) is 20.2 Å². The fraction of sp³-hybridized carbons (Fsp3) is 0.389. The molecule has 27 heavy (non-hydrogen) atoms. The molecular formula is C18H21N5O3S. The molecule has 8 nitrogen and oxygen atoms in total. The Labute approximate surface area is 157 Å². The number of aromatic amines is 1. The van der Waals surface area contributed by atoms with Gasteiger partial charge in [-0.3, -0.25) is 10.1 Å². The van der Waals surface area contributed by atoms with Gasteiger partial charge >= 0.3 is 0 Å². The molecule has 1 aliphatic heterocycles. The second-order valence-corrected chi connectivity index (χ2v) is 9.17. The van der Waals surface area contributed by atoms with Crippen LogP contribution in [-0.4, -0.2) is 60.1 Å². The maximum atomic E-state index is 13.1. The highest BCUT2D eigenvalue weighted by Gasteiger charge is 2.26. The van der Waals surface area contributed by atoms with E-state index in [1.807, 2.05) is 4.90 Å². The molecule has 0 spiro atoms. The molecule has 0 aromatic carbocycles. The van der Waals surface area contributed by atoms with Gasteiger partial charge in [0.1, 0.15) is 17.0 Å². The minimum Gasteiger partial charge on any atom is -0.378 e. The summed E-state index contributed by atoms with van der Waals surface area (Å²) in [5.41, 5.74) is 1.82. The number of nitrogens with zero attached hydrogens (tertiary/aromatic N) is 4. The van der Waals surface area contributed by atoms with E-state index in [0.29, 0.717) is 54.4 Å². The van der Waals surface area contributed by atoms with Crippen molar-refractivity contribution in [1.29, 1.82) is 0 Å². The van der Waals surface area contributed by atoms with E-state index in [4.69, 9.17) is 9.72 Å². The summed E-state index contributed by atoms with van der Waals surface area (Å²) < 4.78 is 31.5. The van der Waals surface area contributed by atoms with Gasteiger partial charge in [-0.2, -0.15) is 5.10 Å². The molecule has 0 bridgehead atoms. The summed E-state index contributed by atoms with van der Waals surface area (Å²) in [5.74, 6) is 0.624. The predicted molar refractivity (Wildman–Crippen MR) is 102 cm³/mol. The summed E-state index contributed by atoms with van der Waals surface area (Å²) in [7, 11) is -3.50. The number of hydrogen-bond donors (Lipinski definition) is 1. The van der Waals surface area contributed by atoms with E-state index in [2.05, 4.69) is 15.2 Å². The number of nitrogens with one attached hydrogen (secondary N) is 1. The number of aromatic nitrogens is 4. The van der Waals surface area contributed by atoms with Gasteiger partial charge in [0, 0.05) is 30.9 Å². The van der Waals surface area contributed by atoms with Gasteiger partial charge in [0.25, 0.3) is 0 Å². The van der Waals surface area contributed by atoms with Crippen LogP contribution in [0.4, 0.5) is 5.82 Å². The first-order chi connectivity index (χ1) is 13.0. The fourth-order valence-electron chi connectivity index (χ4n) is 3.14. The molecule has 1 N–H and O–H groups in total. The molecule has 3 aromatic heterocycles. The molecule has 1 aliphatic rings. The lowest BCUT2D eigenvalue weighted by Crippen LogP contribution is -2.37. The van der Waals surface area contributed by atoms with Crippen LogP contribution in [0.3, 0.4) is 0 Å². The van der Waals surface area contributed by atoms with Gasteiger partial charge in [-0.05, 0) is 32.0 Å². The number of morpholine rings is 1. The van der Waals surface area contributed by atoms with E-state index >= 15 is 0 Å². The summed E-state index contributed by atoms with van der Waals surface area (Å²) >= 11 is 0.